The number of nitrogens with two attached hydrogens (primary N) is 1. The van der Waals surface area contributed by atoms with E-state index < -0.39 is 0 Å². The van der Waals surface area contributed by atoms with Crippen LogP contribution >= 0.6 is 0 Å². The van der Waals surface area contributed by atoms with E-state index in [-0.39, 0.29) is 0 Å². The van der Waals surface area contributed by atoms with E-state index in [2.05, 4.69) is 42.6 Å². The third-order valence-electron chi connectivity index (χ3n) is 2.59. The van der Waals surface area contributed by atoms with Gasteiger partial charge in [-0.15, -0.1) is 0 Å². The minimum atomic E-state index is 0.564. The Morgan fingerprint density at radius 2 is 1.67 bits per heavy atom. The molecule has 18 heavy (non-hydrogen) atoms. The molecule has 0 amide bonds. The van der Waals surface area contributed by atoms with E-state index in [1.54, 1.807) is 0 Å². The summed E-state index contributed by atoms with van der Waals surface area (Å²) in [4.78, 5) is 11.1. The second-order valence-corrected chi connectivity index (χ2v) is 5.61. The summed E-state index contributed by atoms with van der Waals surface area (Å²) in [6.07, 6.45) is 0.815. The Morgan fingerprint density at radius 3 is 2.11 bits per heavy atom. The number of nitrogens with zero attached hydrogens (tertiary/aromatic N) is 3. The molecule has 0 bridgehead atoms. The van der Waals surface area contributed by atoms with Crippen molar-refractivity contribution >= 4 is 11.6 Å². The standard InChI is InChI=1S/C14H26N4/c1-6-13-16-12(15)7-14(17-13)18(8-10(2)3)9-11(4)5/h7,10-11H,6,8-9H2,1-5H3,(H2,15,16,17). The van der Waals surface area contributed by atoms with Crippen LogP contribution in [0.25, 0.3) is 0 Å². The maximum Gasteiger partial charge on any atom is 0.134 e. The van der Waals surface area contributed by atoms with Gasteiger partial charge in [0.1, 0.15) is 17.5 Å². The fourth-order valence-corrected chi connectivity index (χ4v) is 1.97. The molecule has 4 nitrogen and oxygen atoms in total. The zero-order valence-electron chi connectivity index (χ0n) is 12.3. The quantitative estimate of drug-likeness (QED) is 0.843. The molecule has 0 radical (unpaired) electrons. The van der Waals surface area contributed by atoms with Crippen LogP contribution in [0, 0.1) is 11.8 Å². The van der Waals surface area contributed by atoms with Crippen LogP contribution in [0.15, 0.2) is 6.07 Å². The van der Waals surface area contributed by atoms with Gasteiger partial charge < -0.3 is 10.6 Å². The van der Waals surface area contributed by atoms with Crippen molar-refractivity contribution in [3.63, 3.8) is 0 Å². The number of anilines is 2. The molecule has 1 heterocycles. The summed E-state index contributed by atoms with van der Waals surface area (Å²) >= 11 is 0. The Hall–Kier alpha value is -1.32. The molecule has 0 atom stereocenters. The van der Waals surface area contributed by atoms with Crippen LogP contribution in [0.3, 0.4) is 0 Å². The van der Waals surface area contributed by atoms with E-state index in [1.165, 1.54) is 0 Å². The van der Waals surface area contributed by atoms with Crippen molar-refractivity contribution in [2.45, 2.75) is 41.0 Å². The average molecular weight is 250 g/mol. The van der Waals surface area contributed by atoms with E-state index in [4.69, 9.17) is 5.73 Å². The van der Waals surface area contributed by atoms with Crippen molar-refractivity contribution in [2.24, 2.45) is 11.8 Å². The first kappa shape index (κ1) is 14.7. The fraction of sp³-hybridized carbons (Fsp3) is 0.714. The van der Waals surface area contributed by atoms with Crippen molar-refractivity contribution in [2.75, 3.05) is 23.7 Å². The van der Waals surface area contributed by atoms with E-state index >= 15 is 0 Å². The molecule has 0 spiro atoms. The fourth-order valence-electron chi connectivity index (χ4n) is 1.97. The number of rotatable bonds is 6. The predicted molar refractivity (Wildman–Crippen MR) is 77.7 cm³/mol. The van der Waals surface area contributed by atoms with Crippen LogP contribution in [0.5, 0.6) is 0 Å². The molecule has 102 valence electrons. The van der Waals surface area contributed by atoms with Gasteiger partial charge in [-0.1, -0.05) is 34.6 Å². The summed E-state index contributed by atoms with van der Waals surface area (Å²) in [5.74, 6) is 3.55. The van der Waals surface area contributed by atoms with Gasteiger partial charge in [-0.3, -0.25) is 0 Å². The molecule has 1 aromatic heterocycles. The molecule has 0 saturated heterocycles. The zero-order valence-corrected chi connectivity index (χ0v) is 12.3. The van der Waals surface area contributed by atoms with E-state index in [1.807, 2.05) is 13.0 Å². The van der Waals surface area contributed by atoms with Gasteiger partial charge in [0.05, 0.1) is 0 Å². The molecule has 0 unspecified atom stereocenters. The smallest absolute Gasteiger partial charge is 0.134 e. The third kappa shape index (κ3) is 4.51. The Labute approximate surface area is 111 Å². The van der Waals surface area contributed by atoms with Crippen LogP contribution in [0.1, 0.15) is 40.4 Å². The lowest BCUT2D eigenvalue weighted by atomic mass is 10.1. The van der Waals surface area contributed by atoms with Gasteiger partial charge in [0.2, 0.25) is 0 Å². The van der Waals surface area contributed by atoms with Crippen LogP contribution in [0.2, 0.25) is 0 Å². The highest BCUT2D eigenvalue weighted by atomic mass is 15.2. The molecule has 1 rings (SSSR count). The molecule has 0 saturated carbocycles. The van der Waals surface area contributed by atoms with Gasteiger partial charge in [-0.25, -0.2) is 9.97 Å². The van der Waals surface area contributed by atoms with Gasteiger partial charge in [0.25, 0.3) is 0 Å². The highest BCUT2D eigenvalue weighted by molar-refractivity contribution is 5.47. The maximum atomic E-state index is 5.86. The van der Waals surface area contributed by atoms with Crippen LogP contribution in [-0.4, -0.2) is 23.1 Å². The first-order valence-corrected chi connectivity index (χ1v) is 6.80. The summed E-state index contributed by atoms with van der Waals surface area (Å²) in [5.41, 5.74) is 5.86. The summed E-state index contributed by atoms with van der Waals surface area (Å²) in [7, 11) is 0. The van der Waals surface area contributed by atoms with Gasteiger partial charge in [-0.2, -0.15) is 0 Å². The maximum absolute atomic E-state index is 5.86. The number of nitrogen functional groups attached to an aromatic ring is 1. The molecular formula is C14H26N4. The summed E-state index contributed by atoms with van der Waals surface area (Å²) in [6, 6.07) is 1.88. The molecule has 0 aromatic carbocycles. The second kappa shape index (κ2) is 6.57. The van der Waals surface area contributed by atoms with Crippen LogP contribution in [0.4, 0.5) is 11.6 Å². The summed E-state index contributed by atoms with van der Waals surface area (Å²) in [5, 5.41) is 0. The molecule has 0 aliphatic carbocycles. The van der Waals surface area contributed by atoms with Crippen LogP contribution in [-0.2, 0) is 6.42 Å². The monoisotopic (exact) mass is 250 g/mol. The van der Waals surface area contributed by atoms with Gasteiger partial charge in [0.15, 0.2) is 0 Å². The van der Waals surface area contributed by atoms with Crippen molar-refractivity contribution < 1.29 is 0 Å². The van der Waals surface area contributed by atoms with Gasteiger partial charge in [0, 0.05) is 25.6 Å². The third-order valence-corrected chi connectivity index (χ3v) is 2.59. The minimum Gasteiger partial charge on any atom is -0.384 e. The minimum absolute atomic E-state index is 0.564. The predicted octanol–water partition coefficient (Wildman–Crippen LogP) is 2.74. The molecule has 1 aromatic rings. The van der Waals surface area contributed by atoms with Crippen molar-refractivity contribution in [1.82, 2.24) is 9.97 Å². The molecule has 2 N–H and O–H groups in total. The lowest BCUT2D eigenvalue weighted by Crippen LogP contribution is -2.32. The largest absolute Gasteiger partial charge is 0.384 e. The first-order valence-electron chi connectivity index (χ1n) is 6.80. The zero-order chi connectivity index (χ0) is 13.7. The van der Waals surface area contributed by atoms with Crippen molar-refractivity contribution in [3.8, 4) is 0 Å². The van der Waals surface area contributed by atoms with Gasteiger partial charge >= 0.3 is 0 Å². The van der Waals surface area contributed by atoms with E-state index in [0.29, 0.717) is 17.7 Å². The topological polar surface area (TPSA) is 55.0 Å². The highest BCUT2D eigenvalue weighted by Gasteiger charge is 2.13. The second-order valence-electron chi connectivity index (χ2n) is 5.61. The molecule has 4 heteroatoms. The van der Waals surface area contributed by atoms with Crippen LogP contribution < -0.4 is 10.6 Å². The molecule has 0 aliphatic rings. The lowest BCUT2D eigenvalue weighted by Gasteiger charge is -2.27. The van der Waals surface area contributed by atoms with E-state index in [9.17, 15) is 0 Å². The first-order chi connectivity index (χ1) is 8.42. The van der Waals surface area contributed by atoms with E-state index in [0.717, 1.165) is 31.2 Å². The van der Waals surface area contributed by atoms with Gasteiger partial charge in [-0.05, 0) is 11.8 Å². The Kier molecular flexibility index (Phi) is 5.38. The lowest BCUT2D eigenvalue weighted by molar-refractivity contribution is 0.548. The van der Waals surface area contributed by atoms with Crippen molar-refractivity contribution in [1.29, 1.82) is 0 Å². The summed E-state index contributed by atoms with van der Waals surface area (Å²) in [6.45, 7) is 12.9. The molecule has 0 aliphatic heterocycles. The highest BCUT2D eigenvalue weighted by Crippen LogP contribution is 2.17. The Balaban J connectivity index is 2.99. The number of aromatic nitrogens is 2. The Morgan fingerprint density at radius 1 is 1.11 bits per heavy atom. The molecular weight excluding hydrogens is 224 g/mol. The number of hydrogen-bond acceptors (Lipinski definition) is 4. The number of aryl methyl sites for hydroxylation is 1. The number of hydrogen-bond donors (Lipinski definition) is 1. The van der Waals surface area contributed by atoms with Crippen molar-refractivity contribution in [3.05, 3.63) is 11.9 Å². The summed E-state index contributed by atoms with van der Waals surface area (Å²) < 4.78 is 0. The SMILES string of the molecule is CCc1nc(N)cc(N(CC(C)C)CC(C)C)n1. The average Bonchev–Trinajstić information content (AvgIpc) is 2.26. The normalized spacial score (nSPS) is 11.3. The molecule has 0 fully saturated rings. The Bertz CT molecular complexity index is 364.